The molecule has 2 aromatic carbocycles. The second-order valence-corrected chi connectivity index (χ2v) is 11.6. The van der Waals surface area contributed by atoms with Gasteiger partial charge < -0.3 is 0 Å². The van der Waals surface area contributed by atoms with Crippen LogP contribution < -0.4 is 9.03 Å². The molecule has 0 spiro atoms. The molecule has 1 fully saturated rings. The van der Waals surface area contributed by atoms with E-state index in [1.807, 2.05) is 19.9 Å². The number of hydrogen-bond donors (Lipinski definition) is 1. The normalized spacial score (nSPS) is 18.1. The highest BCUT2D eigenvalue weighted by Crippen LogP contribution is 2.36. The summed E-state index contributed by atoms with van der Waals surface area (Å²) in [5, 5.41) is 0. The average molecular weight is 437 g/mol. The monoisotopic (exact) mass is 436 g/mol. The van der Waals surface area contributed by atoms with Crippen molar-refractivity contribution in [1.29, 1.82) is 0 Å². The van der Waals surface area contributed by atoms with Gasteiger partial charge in [-0.1, -0.05) is 6.07 Å². The Kier molecular flexibility index (Phi) is 5.03. The minimum atomic E-state index is -3.89. The highest BCUT2D eigenvalue weighted by Gasteiger charge is 2.50. The summed E-state index contributed by atoms with van der Waals surface area (Å²) in [6.07, 6.45) is 0. The molecule has 0 aromatic heterocycles. The van der Waals surface area contributed by atoms with E-state index in [-0.39, 0.29) is 16.3 Å². The second-order valence-electron chi connectivity index (χ2n) is 8.14. The SMILES string of the molecule is Cc1cc(C)cc(NS(=O)(=O)c2ccc(N3C(=O)C(C)(C)CS3(=O)=O)cc2C)c1. The van der Waals surface area contributed by atoms with E-state index in [9.17, 15) is 21.6 Å². The molecule has 1 saturated heterocycles. The molecule has 1 amide bonds. The van der Waals surface area contributed by atoms with Crippen molar-refractivity contribution < 1.29 is 21.6 Å². The molecule has 0 radical (unpaired) electrons. The first-order valence-electron chi connectivity index (χ1n) is 9.02. The van der Waals surface area contributed by atoms with E-state index < -0.39 is 31.4 Å². The summed E-state index contributed by atoms with van der Waals surface area (Å²) >= 11 is 0. The first-order valence-corrected chi connectivity index (χ1v) is 12.1. The van der Waals surface area contributed by atoms with Crippen LogP contribution in [0.1, 0.15) is 30.5 Å². The van der Waals surface area contributed by atoms with Crippen LogP contribution >= 0.6 is 0 Å². The lowest BCUT2D eigenvalue weighted by molar-refractivity contribution is -0.123. The van der Waals surface area contributed by atoms with Gasteiger partial charge in [0.1, 0.15) is 0 Å². The molecule has 0 atom stereocenters. The van der Waals surface area contributed by atoms with Gasteiger partial charge in [0.15, 0.2) is 0 Å². The van der Waals surface area contributed by atoms with Gasteiger partial charge in [0.25, 0.3) is 10.0 Å². The molecule has 1 N–H and O–H groups in total. The predicted octanol–water partition coefficient (Wildman–Crippen LogP) is 3.12. The molecule has 3 rings (SSSR count). The van der Waals surface area contributed by atoms with Crippen LogP contribution in [0.25, 0.3) is 0 Å². The standard InChI is InChI=1S/C20H24N2O5S2/c1-13-8-14(2)10-16(9-13)21-29(26,27)18-7-6-17(11-15(18)3)22-19(23)20(4,5)12-28(22,24)25/h6-11,21H,12H2,1-5H3. The maximum Gasteiger partial charge on any atom is 0.262 e. The van der Waals surface area contributed by atoms with E-state index in [2.05, 4.69) is 4.72 Å². The molecule has 1 aliphatic rings. The Labute approximate surface area is 171 Å². The van der Waals surface area contributed by atoms with Gasteiger partial charge >= 0.3 is 0 Å². The van der Waals surface area contributed by atoms with Crippen LogP contribution in [-0.2, 0) is 24.8 Å². The first kappa shape index (κ1) is 21.3. The van der Waals surface area contributed by atoms with Crippen LogP contribution in [0.2, 0.25) is 0 Å². The van der Waals surface area contributed by atoms with E-state index in [0.29, 0.717) is 11.3 Å². The molecule has 1 aliphatic heterocycles. The third-order valence-electron chi connectivity index (χ3n) is 4.74. The third-order valence-corrected chi connectivity index (χ3v) is 8.30. The van der Waals surface area contributed by atoms with Crippen molar-refractivity contribution in [2.75, 3.05) is 14.8 Å². The summed E-state index contributed by atoms with van der Waals surface area (Å²) in [6, 6.07) is 9.47. The summed E-state index contributed by atoms with van der Waals surface area (Å²) < 4.78 is 54.0. The lowest BCUT2D eigenvalue weighted by Gasteiger charge is -2.19. The highest BCUT2D eigenvalue weighted by molar-refractivity contribution is 7.94. The molecule has 156 valence electrons. The highest BCUT2D eigenvalue weighted by atomic mass is 32.2. The van der Waals surface area contributed by atoms with Crippen LogP contribution in [0.5, 0.6) is 0 Å². The van der Waals surface area contributed by atoms with Gasteiger partial charge in [-0.05, 0) is 81.6 Å². The fourth-order valence-corrected chi connectivity index (χ4v) is 6.93. The van der Waals surface area contributed by atoms with Crippen LogP contribution in [0, 0.1) is 26.2 Å². The number of carbonyl (C=O) groups excluding carboxylic acids is 1. The Hall–Kier alpha value is -2.39. The molecular weight excluding hydrogens is 412 g/mol. The van der Waals surface area contributed by atoms with Crippen molar-refractivity contribution in [3.05, 3.63) is 53.1 Å². The number of hydrogen-bond acceptors (Lipinski definition) is 5. The Balaban J connectivity index is 1.98. The number of rotatable bonds is 4. The van der Waals surface area contributed by atoms with Crippen molar-refractivity contribution in [2.45, 2.75) is 39.5 Å². The number of sulfonamides is 2. The largest absolute Gasteiger partial charge is 0.280 e. The number of aryl methyl sites for hydroxylation is 3. The van der Waals surface area contributed by atoms with Gasteiger partial charge in [-0.15, -0.1) is 0 Å². The molecule has 2 aromatic rings. The van der Waals surface area contributed by atoms with Gasteiger partial charge in [0.2, 0.25) is 15.9 Å². The van der Waals surface area contributed by atoms with Crippen LogP contribution in [-0.4, -0.2) is 28.5 Å². The lowest BCUT2D eigenvalue weighted by atomic mass is 9.95. The molecule has 0 aliphatic carbocycles. The summed E-state index contributed by atoms with van der Waals surface area (Å²) in [7, 11) is -7.69. The lowest BCUT2D eigenvalue weighted by Crippen LogP contribution is -2.33. The van der Waals surface area contributed by atoms with Gasteiger partial charge in [0.05, 0.1) is 21.8 Å². The maximum atomic E-state index is 12.9. The number of nitrogens with one attached hydrogen (secondary N) is 1. The van der Waals surface area contributed by atoms with Crippen LogP contribution in [0.15, 0.2) is 41.3 Å². The molecule has 1 heterocycles. The summed E-state index contributed by atoms with van der Waals surface area (Å²) in [5.41, 5.74) is 1.76. The molecule has 0 unspecified atom stereocenters. The number of benzene rings is 2. The summed E-state index contributed by atoms with van der Waals surface area (Å²) in [4.78, 5) is 12.6. The number of anilines is 2. The van der Waals surface area contributed by atoms with E-state index >= 15 is 0 Å². The zero-order valence-electron chi connectivity index (χ0n) is 17.0. The van der Waals surface area contributed by atoms with E-state index in [0.717, 1.165) is 15.4 Å². The summed E-state index contributed by atoms with van der Waals surface area (Å²) in [6.45, 7) is 8.47. The van der Waals surface area contributed by atoms with Gasteiger partial charge in [-0.2, -0.15) is 0 Å². The molecule has 0 saturated carbocycles. The molecule has 29 heavy (non-hydrogen) atoms. The number of amides is 1. The van der Waals surface area contributed by atoms with Crippen LogP contribution in [0.4, 0.5) is 11.4 Å². The first-order chi connectivity index (χ1) is 13.2. The Morgan fingerprint density at radius 2 is 1.59 bits per heavy atom. The molecule has 9 heteroatoms. The zero-order chi connectivity index (χ0) is 21.8. The zero-order valence-corrected chi connectivity index (χ0v) is 18.6. The quantitative estimate of drug-likeness (QED) is 0.794. The summed E-state index contributed by atoms with van der Waals surface area (Å²) in [5.74, 6) is -0.812. The van der Waals surface area contributed by atoms with Gasteiger partial charge in [-0.25, -0.2) is 21.1 Å². The van der Waals surface area contributed by atoms with Gasteiger partial charge in [-0.3, -0.25) is 9.52 Å². The van der Waals surface area contributed by atoms with Crippen molar-refractivity contribution >= 4 is 37.3 Å². The smallest absolute Gasteiger partial charge is 0.262 e. The molecule has 0 bridgehead atoms. The Morgan fingerprint density at radius 1 is 1.00 bits per heavy atom. The number of nitrogens with zero attached hydrogens (tertiary/aromatic N) is 1. The Bertz CT molecular complexity index is 1200. The predicted molar refractivity (Wildman–Crippen MR) is 113 cm³/mol. The topological polar surface area (TPSA) is 101 Å². The van der Waals surface area contributed by atoms with Crippen molar-refractivity contribution in [3.63, 3.8) is 0 Å². The third kappa shape index (κ3) is 4.02. The molecule has 7 nitrogen and oxygen atoms in total. The minimum Gasteiger partial charge on any atom is -0.280 e. The number of carbonyl (C=O) groups is 1. The van der Waals surface area contributed by atoms with Crippen LogP contribution in [0.3, 0.4) is 0 Å². The fraction of sp³-hybridized carbons (Fsp3) is 0.350. The molecular formula is C20H24N2O5S2. The Morgan fingerprint density at radius 3 is 2.07 bits per heavy atom. The van der Waals surface area contributed by atoms with Crippen molar-refractivity contribution in [3.8, 4) is 0 Å². The van der Waals surface area contributed by atoms with Crippen molar-refractivity contribution in [1.82, 2.24) is 0 Å². The average Bonchev–Trinajstić information content (AvgIpc) is 2.68. The minimum absolute atomic E-state index is 0.0173. The van der Waals surface area contributed by atoms with Gasteiger partial charge in [0, 0.05) is 5.69 Å². The second kappa shape index (κ2) is 6.84. The fourth-order valence-electron chi connectivity index (χ4n) is 3.57. The maximum absolute atomic E-state index is 12.9. The van der Waals surface area contributed by atoms with E-state index in [4.69, 9.17) is 0 Å². The van der Waals surface area contributed by atoms with Crippen molar-refractivity contribution in [2.24, 2.45) is 5.41 Å². The van der Waals surface area contributed by atoms with E-state index in [1.54, 1.807) is 32.9 Å². The van der Waals surface area contributed by atoms with E-state index in [1.165, 1.54) is 18.2 Å².